The van der Waals surface area contributed by atoms with Gasteiger partial charge in [0.05, 0.1) is 6.04 Å². The predicted molar refractivity (Wildman–Crippen MR) is 144 cm³/mol. The van der Waals surface area contributed by atoms with Crippen molar-refractivity contribution in [1.82, 2.24) is 25.1 Å². The number of benzene rings is 2. The molecule has 0 saturated carbocycles. The van der Waals surface area contributed by atoms with E-state index in [9.17, 15) is 9.18 Å². The fraction of sp³-hybridized carbons (Fsp3) is 0.333. The molecule has 0 spiro atoms. The fourth-order valence-corrected chi connectivity index (χ4v) is 5.03. The van der Waals surface area contributed by atoms with Crippen LogP contribution in [0.1, 0.15) is 47.8 Å². The van der Waals surface area contributed by atoms with Crippen LogP contribution >= 0.6 is 0 Å². The number of rotatable bonds is 9. The molecule has 2 aromatic heterocycles. The van der Waals surface area contributed by atoms with Crippen molar-refractivity contribution in [2.75, 3.05) is 20.2 Å². The van der Waals surface area contributed by atoms with E-state index < -0.39 is 0 Å². The van der Waals surface area contributed by atoms with Crippen LogP contribution in [-0.4, -0.2) is 51.2 Å². The molecule has 8 nitrogen and oxygen atoms in total. The number of carbonyl (C=O) groups is 1. The first-order chi connectivity index (χ1) is 19.0. The summed E-state index contributed by atoms with van der Waals surface area (Å²) in [4.78, 5) is 21.6. The summed E-state index contributed by atoms with van der Waals surface area (Å²) in [5.74, 6) is 0.303. The molecular weight excluding hydrogens is 497 g/mol. The number of aryl methyl sites for hydroxylation is 1. The topological polar surface area (TPSA) is 84.6 Å². The third kappa shape index (κ3) is 6.49. The van der Waals surface area contributed by atoms with E-state index in [1.807, 2.05) is 55.4 Å². The second kappa shape index (κ2) is 12.2. The zero-order valence-electron chi connectivity index (χ0n) is 22.2. The minimum absolute atomic E-state index is 0.00863. The van der Waals surface area contributed by atoms with Crippen LogP contribution in [0, 0.1) is 12.7 Å². The third-order valence-corrected chi connectivity index (χ3v) is 7.09. The second-order valence-corrected chi connectivity index (χ2v) is 9.97. The molecule has 0 bridgehead atoms. The number of carbonyl (C=O) groups excluding carboxylic acids is 1. The van der Waals surface area contributed by atoms with Gasteiger partial charge in [-0.1, -0.05) is 34.6 Å². The number of hydrogen-bond donors (Lipinski definition) is 0. The average Bonchev–Trinajstić information content (AvgIpc) is 3.36. The van der Waals surface area contributed by atoms with E-state index in [-0.39, 0.29) is 24.4 Å². The smallest absolute Gasteiger partial charge is 0.261 e. The molecule has 1 amide bonds. The first-order valence-corrected chi connectivity index (χ1v) is 13.2. The highest BCUT2D eigenvalue weighted by Crippen LogP contribution is 2.32. The highest BCUT2D eigenvalue weighted by Gasteiger charge is 2.28. The highest BCUT2D eigenvalue weighted by molar-refractivity contribution is 5.78. The normalized spacial score (nSPS) is 15.5. The molecule has 1 atom stereocenters. The lowest BCUT2D eigenvalue weighted by Crippen LogP contribution is -2.41. The van der Waals surface area contributed by atoms with Crippen molar-refractivity contribution in [2.45, 2.75) is 45.3 Å². The van der Waals surface area contributed by atoms with Crippen LogP contribution in [-0.2, 0) is 17.9 Å². The molecule has 1 aliphatic rings. The van der Waals surface area contributed by atoms with Gasteiger partial charge in [-0.15, -0.1) is 0 Å². The van der Waals surface area contributed by atoms with Gasteiger partial charge in [0.25, 0.3) is 5.91 Å². The fourth-order valence-electron chi connectivity index (χ4n) is 5.03. The minimum atomic E-state index is -0.281. The molecule has 1 fully saturated rings. The molecule has 202 valence electrons. The summed E-state index contributed by atoms with van der Waals surface area (Å²) in [5.41, 5.74) is 5.29. The maximum Gasteiger partial charge on any atom is 0.261 e. The number of likely N-dealkylation sites (tertiary alicyclic amines) is 1. The lowest BCUT2D eigenvalue weighted by molar-refractivity contribution is -0.137. The molecule has 0 unspecified atom stereocenters. The number of pyridine rings is 1. The van der Waals surface area contributed by atoms with Gasteiger partial charge in [0.1, 0.15) is 23.0 Å². The number of amides is 1. The Kier molecular flexibility index (Phi) is 8.27. The Labute approximate surface area is 227 Å². The summed E-state index contributed by atoms with van der Waals surface area (Å²) in [7, 11) is 1.97. The first-order valence-electron chi connectivity index (χ1n) is 13.2. The van der Waals surface area contributed by atoms with Crippen LogP contribution in [0.25, 0.3) is 11.1 Å². The highest BCUT2D eigenvalue weighted by atomic mass is 19.1. The summed E-state index contributed by atoms with van der Waals surface area (Å²) in [6, 6.07) is 16.2. The summed E-state index contributed by atoms with van der Waals surface area (Å²) in [6.45, 7) is 3.57. The average molecular weight is 530 g/mol. The van der Waals surface area contributed by atoms with E-state index in [1.165, 1.54) is 12.1 Å². The Morgan fingerprint density at radius 2 is 1.92 bits per heavy atom. The van der Waals surface area contributed by atoms with Crippen LogP contribution in [0.3, 0.4) is 0 Å². The number of halogens is 1. The van der Waals surface area contributed by atoms with Crippen LogP contribution < -0.4 is 4.74 Å². The van der Waals surface area contributed by atoms with E-state index in [0.717, 1.165) is 52.9 Å². The van der Waals surface area contributed by atoms with E-state index >= 15 is 0 Å². The maximum absolute atomic E-state index is 13.5. The van der Waals surface area contributed by atoms with E-state index in [1.54, 1.807) is 18.3 Å². The van der Waals surface area contributed by atoms with Crippen molar-refractivity contribution in [1.29, 1.82) is 0 Å². The zero-order chi connectivity index (χ0) is 27.2. The van der Waals surface area contributed by atoms with Crippen LogP contribution in [0.5, 0.6) is 5.75 Å². The third-order valence-electron chi connectivity index (χ3n) is 7.09. The molecule has 39 heavy (non-hydrogen) atoms. The summed E-state index contributed by atoms with van der Waals surface area (Å²) in [5, 5.41) is 7.85. The quantitative estimate of drug-likeness (QED) is 0.289. The van der Waals surface area contributed by atoms with Gasteiger partial charge in [0.15, 0.2) is 6.61 Å². The second-order valence-electron chi connectivity index (χ2n) is 9.97. The first kappa shape index (κ1) is 26.5. The lowest BCUT2D eigenvalue weighted by atomic mass is 9.96. The summed E-state index contributed by atoms with van der Waals surface area (Å²) >= 11 is 0. The van der Waals surface area contributed by atoms with Gasteiger partial charge in [0, 0.05) is 37.6 Å². The molecule has 9 heteroatoms. The van der Waals surface area contributed by atoms with Gasteiger partial charge in [-0.2, -0.15) is 0 Å². The number of aromatic nitrogens is 3. The Morgan fingerprint density at radius 1 is 1.10 bits per heavy atom. The monoisotopic (exact) mass is 529 g/mol. The maximum atomic E-state index is 13.5. The largest absolute Gasteiger partial charge is 0.483 e. The minimum Gasteiger partial charge on any atom is -0.483 e. The molecule has 2 aromatic carbocycles. The Hall–Kier alpha value is -4.11. The molecule has 0 radical (unpaired) electrons. The number of nitrogens with zero attached hydrogens (tertiary/aromatic N) is 5. The molecule has 0 N–H and O–H groups in total. The zero-order valence-corrected chi connectivity index (χ0v) is 22.2. The van der Waals surface area contributed by atoms with Crippen molar-refractivity contribution in [3.05, 3.63) is 95.3 Å². The standard InChI is InChI=1S/C30H32FN5O3/c1-21-27(34-39-33-21)19-35(2)18-25-16-23(22-8-11-26(31)12-9-22)10-13-29(25)38-20-30(37)36-15-4-3-7-28(36)24-6-5-14-32-17-24/h5-6,8-14,16-17,28H,3-4,7,15,18-20H2,1-2H3/t28-/m0/s1. The van der Waals surface area contributed by atoms with Gasteiger partial charge in [-0.3, -0.25) is 14.7 Å². The van der Waals surface area contributed by atoms with Crippen molar-refractivity contribution in [2.24, 2.45) is 0 Å². The van der Waals surface area contributed by atoms with Crippen LogP contribution in [0.15, 0.2) is 71.6 Å². The Morgan fingerprint density at radius 3 is 2.67 bits per heavy atom. The molecule has 1 aliphatic heterocycles. The SMILES string of the molecule is Cc1nonc1CN(C)Cc1cc(-c2ccc(F)cc2)ccc1OCC(=O)N1CCCC[C@H]1c1cccnc1. The number of ether oxygens (including phenoxy) is 1. The van der Waals surface area contributed by atoms with Gasteiger partial charge in [-0.25, -0.2) is 9.02 Å². The molecular formula is C30H32FN5O3. The van der Waals surface area contributed by atoms with Gasteiger partial charge >= 0.3 is 0 Å². The molecule has 4 aromatic rings. The van der Waals surface area contributed by atoms with E-state index in [0.29, 0.717) is 25.4 Å². The van der Waals surface area contributed by atoms with Gasteiger partial charge in [0.2, 0.25) is 0 Å². The van der Waals surface area contributed by atoms with Crippen molar-refractivity contribution in [3.63, 3.8) is 0 Å². The predicted octanol–water partition coefficient (Wildman–Crippen LogP) is 5.34. The van der Waals surface area contributed by atoms with Gasteiger partial charge in [-0.05, 0) is 80.3 Å². The Balaban J connectivity index is 1.35. The number of hydrogen-bond acceptors (Lipinski definition) is 7. The summed E-state index contributed by atoms with van der Waals surface area (Å²) in [6.07, 6.45) is 6.55. The Bertz CT molecular complexity index is 1390. The van der Waals surface area contributed by atoms with Gasteiger partial charge < -0.3 is 9.64 Å². The van der Waals surface area contributed by atoms with Crippen LogP contribution in [0.4, 0.5) is 4.39 Å². The summed E-state index contributed by atoms with van der Waals surface area (Å²) < 4.78 is 24.5. The van der Waals surface area contributed by atoms with Crippen molar-refractivity contribution < 1.29 is 18.6 Å². The molecule has 3 heterocycles. The lowest BCUT2D eigenvalue weighted by Gasteiger charge is -2.36. The molecule has 1 saturated heterocycles. The molecule has 0 aliphatic carbocycles. The molecule has 5 rings (SSSR count). The van der Waals surface area contributed by atoms with Crippen LogP contribution in [0.2, 0.25) is 0 Å². The van der Waals surface area contributed by atoms with E-state index in [2.05, 4.69) is 20.2 Å². The van der Waals surface area contributed by atoms with Crippen molar-refractivity contribution >= 4 is 5.91 Å². The van der Waals surface area contributed by atoms with Crippen molar-refractivity contribution in [3.8, 4) is 16.9 Å². The van der Waals surface area contributed by atoms with E-state index in [4.69, 9.17) is 9.37 Å². The number of piperidine rings is 1.